The Morgan fingerprint density at radius 3 is 3.10 bits per heavy atom. The molecule has 0 spiro atoms. The first-order chi connectivity index (χ1) is 4.97. The zero-order valence-corrected chi connectivity index (χ0v) is 5.67. The first-order valence-electron chi connectivity index (χ1n) is 2.59. The molecular formula is C4H3N5S. The van der Waals surface area contributed by atoms with Gasteiger partial charge in [0.25, 0.3) is 0 Å². The topological polar surface area (TPSA) is 67.3 Å². The largest absolute Gasteiger partial charge is 0.252 e. The minimum atomic E-state index is 0.600. The molecule has 50 valence electrons. The third-order valence-corrected chi connectivity index (χ3v) is 1.77. The number of nitrogens with one attached hydrogen (secondary N) is 1. The van der Waals surface area contributed by atoms with Crippen molar-refractivity contribution in [2.75, 3.05) is 0 Å². The van der Waals surface area contributed by atoms with Crippen LogP contribution < -0.4 is 0 Å². The van der Waals surface area contributed by atoms with Gasteiger partial charge in [-0.2, -0.15) is 5.21 Å². The zero-order chi connectivity index (χ0) is 6.81. The Kier molecular flexibility index (Phi) is 1.17. The van der Waals surface area contributed by atoms with Gasteiger partial charge >= 0.3 is 0 Å². The number of tetrazole rings is 1. The van der Waals surface area contributed by atoms with Gasteiger partial charge in [0.2, 0.25) is 5.82 Å². The molecule has 0 atom stereocenters. The van der Waals surface area contributed by atoms with Gasteiger partial charge in [0.05, 0.1) is 10.4 Å². The van der Waals surface area contributed by atoms with Gasteiger partial charge in [-0.25, -0.2) is 0 Å². The molecule has 2 heterocycles. The van der Waals surface area contributed by atoms with Crippen LogP contribution in [0.25, 0.3) is 10.7 Å². The van der Waals surface area contributed by atoms with Gasteiger partial charge in [-0.15, -0.1) is 21.5 Å². The average molecular weight is 153 g/mol. The Hall–Kier alpha value is -1.30. The van der Waals surface area contributed by atoms with Gasteiger partial charge in [0.15, 0.2) is 0 Å². The number of hydrogen-bond donors (Lipinski definition) is 1. The van der Waals surface area contributed by atoms with Crippen LogP contribution in [0, 0.1) is 0 Å². The number of aromatic amines is 1. The molecule has 0 aliphatic carbocycles. The van der Waals surface area contributed by atoms with Crippen LogP contribution in [-0.2, 0) is 0 Å². The van der Waals surface area contributed by atoms with E-state index in [1.165, 1.54) is 11.3 Å². The van der Waals surface area contributed by atoms with Gasteiger partial charge in [-0.1, -0.05) is 0 Å². The smallest absolute Gasteiger partial charge is 0.216 e. The van der Waals surface area contributed by atoms with E-state index in [0.717, 1.165) is 4.88 Å². The van der Waals surface area contributed by atoms with Gasteiger partial charge in [0.1, 0.15) is 0 Å². The molecule has 6 heteroatoms. The lowest BCUT2D eigenvalue weighted by Gasteiger charge is -1.78. The fourth-order valence-electron chi connectivity index (χ4n) is 0.592. The molecule has 0 aliphatic heterocycles. The number of aromatic nitrogens is 5. The number of thiazole rings is 1. The standard InChI is InChI=1S/C4H3N5S/c1-3(10-2-5-1)4-6-8-9-7-4/h1-2H,(H,6,7,8,9). The fourth-order valence-corrected chi connectivity index (χ4v) is 1.14. The second-order valence-corrected chi connectivity index (χ2v) is 2.49. The van der Waals surface area contributed by atoms with E-state index in [0.29, 0.717) is 5.82 Å². The summed E-state index contributed by atoms with van der Waals surface area (Å²) in [5, 5.41) is 13.4. The van der Waals surface area contributed by atoms with Crippen LogP contribution in [0.2, 0.25) is 0 Å². The van der Waals surface area contributed by atoms with Crippen LogP contribution in [0.1, 0.15) is 0 Å². The highest BCUT2D eigenvalue weighted by Gasteiger charge is 2.01. The second-order valence-electron chi connectivity index (χ2n) is 1.60. The summed E-state index contributed by atoms with van der Waals surface area (Å²) in [5.41, 5.74) is 1.73. The minimum absolute atomic E-state index is 0.600. The van der Waals surface area contributed by atoms with Crippen molar-refractivity contribution < 1.29 is 0 Å². The first kappa shape index (κ1) is 5.48. The Morgan fingerprint density at radius 1 is 1.50 bits per heavy atom. The lowest BCUT2D eigenvalue weighted by molar-refractivity contribution is 0.881. The fraction of sp³-hybridized carbons (Fsp3) is 0. The molecule has 0 aliphatic rings. The molecule has 0 amide bonds. The van der Waals surface area contributed by atoms with Crippen molar-refractivity contribution in [1.29, 1.82) is 0 Å². The summed E-state index contributed by atoms with van der Waals surface area (Å²) in [6.45, 7) is 0. The van der Waals surface area contributed by atoms with Crippen molar-refractivity contribution >= 4 is 11.3 Å². The van der Waals surface area contributed by atoms with Crippen LogP contribution in [0.5, 0.6) is 0 Å². The van der Waals surface area contributed by atoms with Gasteiger partial charge in [-0.3, -0.25) is 4.98 Å². The average Bonchev–Trinajstić information content (AvgIpc) is 2.59. The summed E-state index contributed by atoms with van der Waals surface area (Å²) in [7, 11) is 0. The highest BCUT2D eigenvalue weighted by atomic mass is 32.1. The van der Waals surface area contributed by atoms with E-state index in [-0.39, 0.29) is 0 Å². The Bertz CT molecular complexity index is 253. The van der Waals surface area contributed by atoms with Crippen LogP contribution >= 0.6 is 11.3 Å². The summed E-state index contributed by atoms with van der Waals surface area (Å²) in [4.78, 5) is 4.80. The second kappa shape index (κ2) is 2.14. The number of nitrogens with zero attached hydrogens (tertiary/aromatic N) is 4. The molecule has 0 saturated heterocycles. The van der Waals surface area contributed by atoms with Crippen molar-refractivity contribution in [1.82, 2.24) is 25.6 Å². The molecule has 0 bridgehead atoms. The third kappa shape index (κ3) is 0.781. The van der Waals surface area contributed by atoms with Crippen LogP contribution in [-0.4, -0.2) is 25.6 Å². The SMILES string of the molecule is c1ncc(-c2nn[nH]n2)s1. The third-order valence-electron chi connectivity index (χ3n) is 0.998. The lowest BCUT2D eigenvalue weighted by Crippen LogP contribution is -1.73. The molecule has 1 N–H and O–H groups in total. The molecule has 0 unspecified atom stereocenters. The van der Waals surface area contributed by atoms with Gasteiger partial charge in [-0.05, 0) is 5.21 Å². The molecule has 2 aromatic rings. The van der Waals surface area contributed by atoms with E-state index >= 15 is 0 Å². The van der Waals surface area contributed by atoms with Gasteiger partial charge in [0, 0.05) is 6.20 Å². The molecular weight excluding hydrogens is 150 g/mol. The zero-order valence-electron chi connectivity index (χ0n) is 4.85. The number of H-pyrrole nitrogens is 1. The summed E-state index contributed by atoms with van der Waals surface area (Å²) in [6.07, 6.45) is 1.70. The summed E-state index contributed by atoms with van der Waals surface area (Å²) in [6, 6.07) is 0. The van der Waals surface area contributed by atoms with E-state index < -0.39 is 0 Å². The monoisotopic (exact) mass is 153 g/mol. The van der Waals surface area contributed by atoms with E-state index in [4.69, 9.17) is 0 Å². The molecule has 0 aromatic carbocycles. The Morgan fingerprint density at radius 2 is 2.50 bits per heavy atom. The van der Waals surface area contributed by atoms with E-state index in [2.05, 4.69) is 25.6 Å². The molecule has 2 rings (SSSR count). The highest BCUT2D eigenvalue weighted by Crippen LogP contribution is 2.16. The van der Waals surface area contributed by atoms with E-state index in [1.807, 2.05) is 0 Å². The normalized spacial score (nSPS) is 10.0. The maximum Gasteiger partial charge on any atom is 0.216 e. The molecule has 5 nitrogen and oxygen atoms in total. The van der Waals surface area contributed by atoms with E-state index in [1.54, 1.807) is 11.7 Å². The van der Waals surface area contributed by atoms with Crippen LogP contribution in [0.15, 0.2) is 11.7 Å². The van der Waals surface area contributed by atoms with Crippen LogP contribution in [0.3, 0.4) is 0 Å². The molecule has 2 aromatic heterocycles. The Balaban J connectivity index is 2.48. The molecule has 0 radical (unpaired) electrons. The molecule has 10 heavy (non-hydrogen) atoms. The van der Waals surface area contributed by atoms with E-state index in [9.17, 15) is 0 Å². The summed E-state index contributed by atoms with van der Waals surface area (Å²) < 4.78 is 0. The van der Waals surface area contributed by atoms with Crippen LogP contribution in [0.4, 0.5) is 0 Å². The maximum atomic E-state index is 3.88. The van der Waals surface area contributed by atoms with Crippen molar-refractivity contribution in [3.63, 3.8) is 0 Å². The van der Waals surface area contributed by atoms with Crippen molar-refractivity contribution in [2.45, 2.75) is 0 Å². The quantitative estimate of drug-likeness (QED) is 0.640. The Labute approximate surface area is 60.1 Å². The molecule has 0 saturated carbocycles. The molecule has 0 fully saturated rings. The predicted octanol–water partition coefficient (Wildman–Crippen LogP) is 0.323. The number of hydrogen-bond acceptors (Lipinski definition) is 5. The lowest BCUT2D eigenvalue weighted by atomic mass is 10.5. The van der Waals surface area contributed by atoms with Crippen molar-refractivity contribution in [3.05, 3.63) is 11.7 Å². The van der Waals surface area contributed by atoms with Gasteiger partial charge < -0.3 is 0 Å². The van der Waals surface area contributed by atoms with Crippen molar-refractivity contribution in [3.8, 4) is 10.7 Å². The van der Waals surface area contributed by atoms with Crippen molar-refractivity contribution in [2.24, 2.45) is 0 Å². The first-order valence-corrected chi connectivity index (χ1v) is 3.47. The summed E-state index contributed by atoms with van der Waals surface area (Å²) >= 11 is 1.48. The summed E-state index contributed by atoms with van der Waals surface area (Å²) in [5.74, 6) is 0.600. The number of rotatable bonds is 1. The highest BCUT2D eigenvalue weighted by molar-refractivity contribution is 7.13. The maximum absolute atomic E-state index is 3.88. The predicted molar refractivity (Wildman–Crippen MR) is 35.3 cm³/mol. The minimum Gasteiger partial charge on any atom is -0.252 e.